The normalized spacial score (nSPS) is 13.9. The van der Waals surface area contributed by atoms with Crippen LogP contribution >= 0.6 is 11.8 Å². The van der Waals surface area contributed by atoms with Crippen LogP contribution in [0, 0.1) is 0 Å². The zero-order chi connectivity index (χ0) is 14.3. The van der Waals surface area contributed by atoms with E-state index in [0.29, 0.717) is 11.0 Å². The highest BCUT2D eigenvalue weighted by Gasteiger charge is 2.19. The zero-order valence-corrected chi connectivity index (χ0v) is 12.9. The number of thioether (sulfide) groups is 1. The minimum Gasteiger partial charge on any atom is -0.468 e. The molecule has 0 fully saturated rings. The summed E-state index contributed by atoms with van der Waals surface area (Å²) in [4.78, 5) is 11.2. The van der Waals surface area contributed by atoms with E-state index in [-0.39, 0.29) is 12.0 Å². The number of methoxy groups -OCH3 is 1. The van der Waals surface area contributed by atoms with E-state index in [9.17, 15) is 4.79 Å². The molecule has 0 aromatic heterocycles. The van der Waals surface area contributed by atoms with Crippen molar-refractivity contribution in [2.75, 3.05) is 19.9 Å². The van der Waals surface area contributed by atoms with Crippen molar-refractivity contribution in [3.63, 3.8) is 0 Å². The highest BCUT2D eigenvalue weighted by molar-refractivity contribution is 8.00. The summed E-state index contributed by atoms with van der Waals surface area (Å²) in [5.74, 6) is 0.219. The van der Waals surface area contributed by atoms with Crippen LogP contribution in [-0.4, -0.2) is 31.1 Å². The molecule has 1 rings (SSSR count). The topological polar surface area (TPSA) is 38.3 Å². The minimum atomic E-state index is -0.173. The minimum absolute atomic E-state index is 0.173. The number of carbonyl (C=O) groups is 1. The van der Waals surface area contributed by atoms with E-state index in [4.69, 9.17) is 0 Å². The van der Waals surface area contributed by atoms with Gasteiger partial charge in [0.2, 0.25) is 0 Å². The first kappa shape index (κ1) is 16.1. The second-order valence-electron chi connectivity index (χ2n) is 4.45. The van der Waals surface area contributed by atoms with Crippen molar-refractivity contribution < 1.29 is 9.53 Å². The molecule has 0 amide bonds. The van der Waals surface area contributed by atoms with E-state index in [1.807, 2.05) is 7.05 Å². The average molecular weight is 281 g/mol. The molecule has 0 bridgehead atoms. The third-order valence-electron chi connectivity index (χ3n) is 3.22. The van der Waals surface area contributed by atoms with Crippen LogP contribution in [-0.2, 0) is 16.0 Å². The summed E-state index contributed by atoms with van der Waals surface area (Å²) in [7, 11) is 3.38. The van der Waals surface area contributed by atoms with Gasteiger partial charge in [-0.15, -0.1) is 11.8 Å². The maximum Gasteiger partial charge on any atom is 0.315 e. The first-order valence-corrected chi connectivity index (χ1v) is 7.61. The van der Waals surface area contributed by atoms with Gasteiger partial charge < -0.3 is 10.1 Å². The Morgan fingerprint density at radius 2 is 2.00 bits per heavy atom. The molecular formula is C15H23NO2S. The molecule has 1 aromatic rings. The quantitative estimate of drug-likeness (QED) is 0.780. The standard InChI is InChI=1S/C15H23NO2S/c1-5-12-6-8-13(9-7-12)15(16-3)11(2)19-10-14(17)18-4/h6-9,11,15-16H,5,10H2,1-4H3. The Bertz CT molecular complexity index is 392. The molecule has 4 heteroatoms. The molecule has 1 N–H and O–H groups in total. The van der Waals surface area contributed by atoms with Gasteiger partial charge in [0.1, 0.15) is 0 Å². The third kappa shape index (κ3) is 4.88. The van der Waals surface area contributed by atoms with Gasteiger partial charge in [0.25, 0.3) is 0 Å². The van der Waals surface area contributed by atoms with Gasteiger partial charge >= 0.3 is 5.97 Å². The molecule has 19 heavy (non-hydrogen) atoms. The van der Waals surface area contributed by atoms with Gasteiger partial charge in [-0.05, 0) is 24.6 Å². The van der Waals surface area contributed by atoms with E-state index in [2.05, 4.69) is 48.2 Å². The van der Waals surface area contributed by atoms with Crippen LogP contribution in [0.2, 0.25) is 0 Å². The fraction of sp³-hybridized carbons (Fsp3) is 0.533. The van der Waals surface area contributed by atoms with Crippen molar-refractivity contribution in [1.29, 1.82) is 0 Å². The van der Waals surface area contributed by atoms with Gasteiger partial charge in [-0.25, -0.2) is 0 Å². The first-order valence-electron chi connectivity index (χ1n) is 6.56. The summed E-state index contributed by atoms with van der Waals surface area (Å²) in [6.07, 6.45) is 1.05. The lowest BCUT2D eigenvalue weighted by molar-refractivity contribution is -0.137. The molecule has 106 valence electrons. The van der Waals surface area contributed by atoms with E-state index < -0.39 is 0 Å². The van der Waals surface area contributed by atoms with E-state index >= 15 is 0 Å². The second-order valence-corrected chi connectivity index (χ2v) is 5.82. The number of nitrogens with one attached hydrogen (secondary N) is 1. The molecule has 1 aromatic carbocycles. The van der Waals surface area contributed by atoms with Gasteiger partial charge in [-0.1, -0.05) is 38.1 Å². The number of esters is 1. The Kier molecular flexibility index (Phi) is 6.95. The SMILES string of the molecule is CCc1ccc(C(NC)C(C)SCC(=O)OC)cc1. The van der Waals surface area contributed by atoms with E-state index in [1.165, 1.54) is 18.2 Å². The highest BCUT2D eigenvalue weighted by atomic mass is 32.2. The Morgan fingerprint density at radius 1 is 1.37 bits per heavy atom. The van der Waals surface area contributed by atoms with Gasteiger partial charge in [-0.2, -0.15) is 0 Å². The van der Waals surface area contributed by atoms with Crippen LogP contribution in [0.5, 0.6) is 0 Å². The lowest BCUT2D eigenvalue weighted by atomic mass is 10.0. The van der Waals surface area contributed by atoms with Crippen LogP contribution in [0.1, 0.15) is 31.0 Å². The second kappa shape index (κ2) is 8.23. The number of hydrogen-bond donors (Lipinski definition) is 1. The number of carbonyl (C=O) groups excluding carboxylic acids is 1. The monoisotopic (exact) mass is 281 g/mol. The summed E-state index contributed by atoms with van der Waals surface area (Å²) in [6, 6.07) is 8.89. The first-order chi connectivity index (χ1) is 9.12. The fourth-order valence-corrected chi connectivity index (χ4v) is 2.99. The summed E-state index contributed by atoms with van der Waals surface area (Å²) in [6.45, 7) is 4.28. The number of hydrogen-bond acceptors (Lipinski definition) is 4. The fourth-order valence-electron chi connectivity index (χ4n) is 1.99. The van der Waals surface area contributed by atoms with Crippen LogP contribution in [0.3, 0.4) is 0 Å². The van der Waals surface area contributed by atoms with Crippen molar-refractivity contribution in [3.05, 3.63) is 35.4 Å². The summed E-state index contributed by atoms with van der Waals surface area (Å²) in [5, 5.41) is 3.63. The third-order valence-corrected chi connectivity index (χ3v) is 4.42. The molecule has 0 saturated heterocycles. The number of ether oxygens (including phenoxy) is 1. The van der Waals surface area contributed by atoms with Gasteiger partial charge in [0, 0.05) is 11.3 Å². The molecule has 0 aliphatic heterocycles. The highest BCUT2D eigenvalue weighted by Crippen LogP contribution is 2.26. The lowest BCUT2D eigenvalue weighted by Crippen LogP contribution is -2.26. The maximum atomic E-state index is 11.2. The predicted octanol–water partition coefficient (Wildman–Crippen LogP) is 2.80. The molecule has 2 atom stereocenters. The van der Waals surface area contributed by atoms with Crippen LogP contribution in [0.4, 0.5) is 0 Å². The molecule has 0 aliphatic rings. The van der Waals surface area contributed by atoms with Crippen molar-refractivity contribution >= 4 is 17.7 Å². The van der Waals surface area contributed by atoms with Crippen molar-refractivity contribution in [1.82, 2.24) is 5.32 Å². The van der Waals surface area contributed by atoms with Crippen molar-refractivity contribution in [2.45, 2.75) is 31.6 Å². The zero-order valence-electron chi connectivity index (χ0n) is 12.1. The van der Waals surface area contributed by atoms with Gasteiger partial charge in [0.05, 0.1) is 12.9 Å². The Balaban J connectivity index is 2.67. The van der Waals surface area contributed by atoms with Crippen LogP contribution < -0.4 is 5.32 Å². The maximum absolute atomic E-state index is 11.2. The Morgan fingerprint density at radius 3 is 2.47 bits per heavy atom. The molecule has 0 spiro atoms. The van der Waals surface area contributed by atoms with Crippen molar-refractivity contribution in [2.24, 2.45) is 0 Å². The Hall–Kier alpha value is -1.00. The molecule has 0 radical (unpaired) electrons. The van der Waals surface area contributed by atoms with Gasteiger partial charge in [0.15, 0.2) is 0 Å². The molecular weight excluding hydrogens is 258 g/mol. The van der Waals surface area contributed by atoms with Crippen LogP contribution in [0.15, 0.2) is 24.3 Å². The molecule has 3 nitrogen and oxygen atoms in total. The molecule has 0 saturated carbocycles. The van der Waals surface area contributed by atoms with E-state index in [0.717, 1.165) is 6.42 Å². The van der Waals surface area contributed by atoms with Crippen molar-refractivity contribution in [3.8, 4) is 0 Å². The number of aryl methyl sites for hydroxylation is 1. The molecule has 0 aliphatic carbocycles. The van der Waals surface area contributed by atoms with E-state index in [1.54, 1.807) is 11.8 Å². The smallest absolute Gasteiger partial charge is 0.315 e. The number of benzene rings is 1. The van der Waals surface area contributed by atoms with Gasteiger partial charge in [-0.3, -0.25) is 4.79 Å². The number of rotatable bonds is 7. The molecule has 2 unspecified atom stereocenters. The lowest BCUT2D eigenvalue weighted by Gasteiger charge is -2.23. The summed E-state index contributed by atoms with van der Waals surface area (Å²) in [5.41, 5.74) is 2.60. The molecule has 0 heterocycles. The average Bonchev–Trinajstić information content (AvgIpc) is 2.46. The largest absolute Gasteiger partial charge is 0.468 e. The summed E-state index contributed by atoms with van der Waals surface area (Å²) >= 11 is 1.61. The summed E-state index contributed by atoms with van der Waals surface area (Å²) < 4.78 is 4.67. The predicted molar refractivity (Wildman–Crippen MR) is 81.6 cm³/mol. The van der Waals surface area contributed by atoms with Crippen LogP contribution in [0.25, 0.3) is 0 Å². The Labute approximate surface area is 120 Å².